The first-order valence-electron chi connectivity index (χ1n) is 6.73. The lowest BCUT2D eigenvalue weighted by molar-refractivity contribution is 0.422. The summed E-state index contributed by atoms with van der Waals surface area (Å²) in [5, 5.41) is 0. The molecule has 6 heteroatoms. The van der Waals surface area contributed by atoms with Crippen LogP contribution >= 0.6 is 0 Å². The maximum atomic E-state index is 5.84. The van der Waals surface area contributed by atoms with Gasteiger partial charge < -0.3 is 15.4 Å². The minimum atomic E-state index is -0.0421. The summed E-state index contributed by atoms with van der Waals surface area (Å²) >= 11 is 0. The summed E-state index contributed by atoms with van der Waals surface area (Å²) in [5.74, 6) is 1.32. The molecule has 0 amide bonds. The van der Waals surface area contributed by atoms with Crippen LogP contribution in [0.25, 0.3) is 0 Å². The van der Waals surface area contributed by atoms with Crippen molar-refractivity contribution in [3.8, 4) is 11.8 Å². The molecule has 0 saturated heterocycles. The molecule has 2 aromatic rings. The summed E-state index contributed by atoms with van der Waals surface area (Å²) in [4.78, 5) is 14.1. The Kier molecular flexibility index (Phi) is 3.97. The number of rotatable bonds is 3. The van der Waals surface area contributed by atoms with Crippen LogP contribution in [0.15, 0.2) is 24.3 Å². The third kappa shape index (κ3) is 3.59. The minimum absolute atomic E-state index is 0.0421. The molecule has 21 heavy (non-hydrogen) atoms. The van der Waals surface area contributed by atoms with E-state index in [4.69, 9.17) is 10.5 Å². The van der Waals surface area contributed by atoms with Crippen molar-refractivity contribution in [2.24, 2.45) is 0 Å². The van der Waals surface area contributed by atoms with E-state index in [1.165, 1.54) is 0 Å². The second-order valence-electron chi connectivity index (χ2n) is 6.02. The highest BCUT2D eigenvalue weighted by Crippen LogP contribution is 2.33. The van der Waals surface area contributed by atoms with Gasteiger partial charge in [0.1, 0.15) is 5.75 Å². The van der Waals surface area contributed by atoms with Crippen LogP contribution in [-0.4, -0.2) is 29.0 Å². The average molecular weight is 287 g/mol. The molecule has 0 fully saturated rings. The third-order valence-electron chi connectivity index (χ3n) is 2.92. The zero-order valence-corrected chi connectivity index (χ0v) is 13.1. The van der Waals surface area contributed by atoms with E-state index in [2.05, 4.69) is 35.7 Å². The zero-order chi connectivity index (χ0) is 15.6. The van der Waals surface area contributed by atoms with Crippen molar-refractivity contribution in [2.45, 2.75) is 26.2 Å². The monoisotopic (exact) mass is 287 g/mol. The smallest absolute Gasteiger partial charge is 0.328 e. The summed E-state index contributed by atoms with van der Waals surface area (Å²) in [5.41, 5.74) is 6.74. The molecule has 0 bridgehead atoms. The van der Waals surface area contributed by atoms with Crippen LogP contribution in [0.3, 0.4) is 0 Å². The molecular formula is C15H21N5O. The predicted octanol–water partition coefficient (Wildman–Crippen LogP) is 2.61. The van der Waals surface area contributed by atoms with Crippen LogP contribution < -0.4 is 15.4 Å². The summed E-state index contributed by atoms with van der Waals surface area (Å²) in [6.45, 7) is 6.38. The quantitative estimate of drug-likeness (QED) is 0.935. The molecule has 0 radical (unpaired) electrons. The molecule has 0 spiro atoms. The molecule has 112 valence electrons. The molecule has 2 N–H and O–H groups in total. The predicted molar refractivity (Wildman–Crippen MR) is 83.8 cm³/mol. The standard InChI is InChI=1S/C15H21N5O/c1-15(2,3)10-8-6-7-9-11(10)21-14-18-12(16)17-13(19-14)20(4)5/h6-9H,1-5H3,(H2,16,17,18,19). The molecule has 0 unspecified atom stereocenters. The lowest BCUT2D eigenvalue weighted by Gasteiger charge is -2.22. The van der Waals surface area contributed by atoms with E-state index in [9.17, 15) is 0 Å². The molecule has 1 heterocycles. The molecule has 0 aliphatic rings. The minimum Gasteiger partial charge on any atom is -0.424 e. The first-order valence-corrected chi connectivity index (χ1v) is 6.73. The number of ether oxygens (including phenoxy) is 1. The van der Waals surface area contributed by atoms with Crippen LogP contribution in [0.2, 0.25) is 0 Å². The summed E-state index contributed by atoms with van der Waals surface area (Å²) in [6, 6.07) is 8.04. The Morgan fingerprint density at radius 2 is 1.71 bits per heavy atom. The van der Waals surface area contributed by atoms with Gasteiger partial charge in [-0.1, -0.05) is 39.0 Å². The highest BCUT2D eigenvalue weighted by molar-refractivity contribution is 5.41. The fraction of sp³-hybridized carbons (Fsp3) is 0.400. The van der Waals surface area contributed by atoms with Crippen molar-refractivity contribution in [3.63, 3.8) is 0 Å². The molecule has 6 nitrogen and oxygen atoms in total. The number of nitrogens with two attached hydrogens (primary N) is 1. The van der Waals surface area contributed by atoms with E-state index in [0.717, 1.165) is 11.3 Å². The van der Waals surface area contributed by atoms with Gasteiger partial charge in [-0.25, -0.2) is 0 Å². The highest BCUT2D eigenvalue weighted by atomic mass is 16.5. The van der Waals surface area contributed by atoms with Crippen LogP contribution in [0.4, 0.5) is 11.9 Å². The summed E-state index contributed by atoms with van der Waals surface area (Å²) < 4.78 is 5.84. The first-order chi connectivity index (χ1) is 9.77. The number of hydrogen-bond acceptors (Lipinski definition) is 6. The van der Waals surface area contributed by atoms with Crippen molar-refractivity contribution in [1.82, 2.24) is 15.0 Å². The van der Waals surface area contributed by atoms with Gasteiger partial charge >= 0.3 is 6.01 Å². The van der Waals surface area contributed by atoms with E-state index in [0.29, 0.717) is 5.95 Å². The van der Waals surface area contributed by atoms with Crippen LogP contribution in [0.1, 0.15) is 26.3 Å². The summed E-state index contributed by atoms with van der Waals surface area (Å²) in [7, 11) is 3.67. The molecule has 0 atom stereocenters. The Morgan fingerprint density at radius 1 is 1.05 bits per heavy atom. The molecule has 1 aromatic heterocycles. The molecule has 0 saturated carbocycles. The van der Waals surface area contributed by atoms with Gasteiger partial charge in [0.15, 0.2) is 0 Å². The zero-order valence-electron chi connectivity index (χ0n) is 13.1. The Balaban J connectivity index is 2.39. The fourth-order valence-electron chi connectivity index (χ4n) is 1.88. The SMILES string of the molecule is CN(C)c1nc(N)nc(Oc2ccccc2C(C)(C)C)n1. The summed E-state index contributed by atoms with van der Waals surface area (Å²) in [6.07, 6.45) is 0. The van der Waals surface area contributed by atoms with Gasteiger partial charge in [0, 0.05) is 19.7 Å². The Hall–Kier alpha value is -2.37. The van der Waals surface area contributed by atoms with Crippen LogP contribution in [0.5, 0.6) is 11.8 Å². The van der Waals surface area contributed by atoms with Crippen molar-refractivity contribution in [2.75, 3.05) is 24.7 Å². The molecule has 0 aliphatic heterocycles. The number of para-hydroxylation sites is 1. The number of nitrogen functional groups attached to an aromatic ring is 1. The maximum absolute atomic E-state index is 5.84. The molecular weight excluding hydrogens is 266 g/mol. The number of nitrogens with zero attached hydrogens (tertiary/aromatic N) is 4. The van der Waals surface area contributed by atoms with E-state index >= 15 is 0 Å². The van der Waals surface area contributed by atoms with E-state index in [-0.39, 0.29) is 17.4 Å². The van der Waals surface area contributed by atoms with Crippen molar-refractivity contribution < 1.29 is 4.74 Å². The van der Waals surface area contributed by atoms with Gasteiger partial charge in [-0.3, -0.25) is 0 Å². The molecule has 1 aromatic carbocycles. The second-order valence-corrected chi connectivity index (χ2v) is 6.02. The van der Waals surface area contributed by atoms with Crippen LogP contribution in [0, 0.1) is 0 Å². The first kappa shape index (κ1) is 15.0. The van der Waals surface area contributed by atoms with Gasteiger partial charge in [0.25, 0.3) is 0 Å². The number of benzene rings is 1. The fourth-order valence-corrected chi connectivity index (χ4v) is 1.88. The second kappa shape index (κ2) is 5.55. The molecule has 2 rings (SSSR count). The van der Waals surface area contributed by atoms with E-state index < -0.39 is 0 Å². The highest BCUT2D eigenvalue weighted by Gasteiger charge is 2.19. The normalized spacial score (nSPS) is 11.3. The van der Waals surface area contributed by atoms with E-state index in [1.807, 2.05) is 38.4 Å². The third-order valence-corrected chi connectivity index (χ3v) is 2.92. The maximum Gasteiger partial charge on any atom is 0.328 e. The Labute approximate surface area is 125 Å². The lowest BCUT2D eigenvalue weighted by Crippen LogP contribution is -2.16. The van der Waals surface area contributed by atoms with Gasteiger partial charge in [0.2, 0.25) is 11.9 Å². The van der Waals surface area contributed by atoms with Gasteiger partial charge in [-0.05, 0) is 11.5 Å². The van der Waals surface area contributed by atoms with E-state index in [1.54, 1.807) is 4.90 Å². The largest absolute Gasteiger partial charge is 0.424 e. The molecule has 0 aliphatic carbocycles. The number of anilines is 2. The number of aromatic nitrogens is 3. The van der Waals surface area contributed by atoms with Crippen molar-refractivity contribution >= 4 is 11.9 Å². The van der Waals surface area contributed by atoms with Gasteiger partial charge in [0.05, 0.1) is 0 Å². The van der Waals surface area contributed by atoms with Gasteiger partial charge in [-0.2, -0.15) is 15.0 Å². The topological polar surface area (TPSA) is 77.2 Å². The van der Waals surface area contributed by atoms with Crippen LogP contribution in [-0.2, 0) is 5.41 Å². The number of hydrogen-bond donors (Lipinski definition) is 1. The van der Waals surface area contributed by atoms with Crippen molar-refractivity contribution in [1.29, 1.82) is 0 Å². The lowest BCUT2D eigenvalue weighted by atomic mass is 9.86. The van der Waals surface area contributed by atoms with Gasteiger partial charge in [-0.15, -0.1) is 0 Å². The average Bonchev–Trinajstić information content (AvgIpc) is 2.37. The Morgan fingerprint density at radius 3 is 2.33 bits per heavy atom. The Bertz CT molecular complexity index is 634. The van der Waals surface area contributed by atoms with Crippen molar-refractivity contribution in [3.05, 3.63) is 29.8 Å².